The molecule has 10 heteroatoms. The first kappa shape index (κ1) is 61.1. The molecule has 292 valence electrons. The molecule has 0 amide bonds. The summed E-state index contributed by atoms with van der Waals surface area (Å²) in [6.07, 6.45) is 4.88. The van der Waals surface area contributed by atoms with Crippen molar-refractivity contribution in [2.45, 2.75) is 193 Å². The van der Waals surface area contributed by atoms with Crippen molar-refractivity contribution < 1.29 is 47.9 Å². The molecule has 0 aromatic heterocycles. The fourth-order valence-corrected chi connectivity index (χ4v) is 1.50. The van der Waals surface area contributed by atoms with E-state index in [2.05, 4.69) is 25.5 Å². The van der Waals surface area contributed by atoms with Crippen LogP contribution in [0.3, 0.4) is 0 Å². The van der Waals surface area contributed by atoms with Crippen LogP contribution in [0.25, 0.3) is 0 Å². The van der Waals surface area contributed by atoms with Crippen molar-refractivity contribution in [2.75, 3.05) is 41.2 Å². The molecule has 0 aliphatic rings. The smallest absolute Gasteiger partial charge is 0.302 e. The highest BCUT2D eigenvalue weighted by molar-refractivity contribution is 5.76. The second-order valence-electron chi connectivity index (χ2n) is 12.3. The number of carbonyl (C=O) groups excluding carboxylic acids is 2. The van der Waals surface area contributed by atoms with Crippen LogP contribution >= 0.6 is 0 Å². The number of carbonyl (C=O) groups is 2. The maximum atomic E-state index is 10.2. The van der Waals surface area contributed by atoms with Gasteiger partial charge < -0.3 is 38.3 Å². The molecule has 0 bridgehead atoms. The molecule has 10 nitrogen and oxygen atoms in total. The zero-order chi connectivity index (χ0) is 39.0. The lowest BCUT2D eigenvalue weighted by atomic mass is 10.3. The summed E-state index contributed by atoms with van der Waals surface area (Å²) in [5.74, 6) is -0.131. The summed E-state index contributed by atoms with van der Waals surface area (Å²) in [6.45, 7) is 36.2. The highest BCUT2D eigenvalue weighted by Gasteiger charge is 2.00. The lowest BCUT2D eigenvalue weighted by Crippen LogP contribution is -2.16. The quantitative estimate of drug-likeness (QED) is 0.133. The molecule has 0 rings (SSSR count). The highest BCUT2D eigenvalue weighted by atomic mass is 16.5. The Morgan fingerprint density at radius 2 is 0.894 bits per heavy atom. The van der Waals surface area contributed by atoms with Crippen LogP contribution in [-0.2, 0) is 42.7 Å². The van der Waals surface area contributed by atoms with E-state index < -0.39 is 0 Å². The predicted octanol–water partition coefficient (Wildman–Crippen LogP) is 8.48. The number of hydrogen-bond donors (Lipinski definition) is 1. The molecule has 1 N–H and O–H groups in total. The molecule has 0 saturated carbocycles. The minimum atomic E-state index is -0.285. The predicted molar refractivity (Wildman–Crippen MR) is 198 cm³/mol. The Labute approximate surface area is 293 Å². The van der Waals surface area contributed by atoms with E-state index in [1.54, 1.807) is 21.3 Å². The first-order chi connectivity index (χ1) is 21.5. The average molecular weight is 689 g/mol. The van der Waals surface area contributed by atoms with Gasteiger partial charge in [-0.1, -0.05) is 20.3 Å². The second kappa shape index (κ2) is 49.2. The normalized spacial score (nSPS) is 10.7. The van der Waals surface area contributed by atoms with E-state index in [0.717, 1.165) is 13.0 Å². The number of methoxy groups -OCH3 is 3. The first-order valence-corrected chi connectivity index (χ1v) is 17.3. The van der Waals surface area contributed by atoms with Gasteiger partial charge in [-0.15, -0.1) is 0 Å². The molecule has 0 heterocycles. The molecular weight excluding hydrogens is 604 g/mol. The van der Waals surface area contributed by atoms with Crippen molar-refractivity contribution in [3.63, 3.8) is 0 Å². The number of hydrogen-bond acceptors (Lipinski definition) is 10. The molecule has 0 spiro atoms. The van der Waals surface area contributed by atoms with Gasteiger partial charge in [0.25, 0.3) is 0 Å². The summed E-state index contributed by atoms with van der Waals surface area (Å²) in [6, 6.07) is 0. The van der Waals surface area contributed by atoms with E-state index >= 15 is 0 Å². The average Bonchev–Trinajstić information content (AvgIpc) is 2.95. The van der Waals surface area contributed by atoms with Crippen LogP contribution < -0.4 is 0 Å². The van der Waals surface area contributed by atoms with Crippen LogP contribution in [-0.4, -0.2) is 107 Å². The van der Waals surface area contributed by atoms with Gasteiger partial charge in [0, 0.05) is 34.9 Å². The number of Topliss-reactive ketones (excluding diaryl/α,β-unsaturated/α-hetero) is 1. The van der Waals surface area contributed by atoms with Crippen LogP contribution in [0.5, 0.6) is 0 Å². The first-order valence-electron chi connectivity index (χ1n) is 17.3. The number of ketones is 1. The number of aliphatic hydroxyl groups excluding tert-OH is 1. The van der Waals surface area contributed by atoms with Crippen LogP contribution in [0, 0.1) is 0 Å². The van der Waals surface area contributed by atoms with Crippen LogP contribution in [0.2, 0.25) is 0 Å². The largest absolute Gasteiger partial charge is 0.463 e. The summed E-state index contributed by atoms with van der Waals surface area (Å²) in [4.78, 5) is 20.3. The van der Waals surface area contributed by atoms with Crippen LogP contribution in [0.4, 0.5) is 0 Å². The van der Waals surface area contributed by atoms with E-state index in [1.807, 2.05) is 90.0 Å². The summed E-state index contributed by atoms with van der Waals surface area (Å²) < 4.78 is 34.2. The molecular formula is C37H84O10. The van der Waals surface area contributed by atoms with Gasteiger partial charge in [-0.05, 0) is 117 Å². The van der Waals surface area contributed by atoms with Gasteiger partial charge in [0.1, 0.15) is 6.61 Å². The van der Waals surface area contributed by atoms with E-state index in [-0.39, 0.29) is 42.8 Å². The molecule has 0 aliphatic heterocycles. The van der Waals surface area contributed by atoms with E-state index in [0.29, 0.717) is 31.0 Å². The highest BCUT2D eigenvalue weighted by Crippen LogP contribution is 1.94. The number of rotatable bonds is 15. The Bertz CT molecular complexity index is 544. The van der Waals surface area contributed by atoms with Gasteiger partial charge in [0.15, 0.2) is 5.78 Å². The molecule has 0 saturated heterocycles. The lowest BCUT2D eigenvalue weighted by Gasteiger charge is -2.10. The topological polar surface area (TPSA) is 119 Å². The molecule has 1 atom stereocenters. The summed E-state index contributed by atoms with van der Waals surface area (Å²) >= 11 is 0. The van der Waals surface area contributed by atoms with Crippen molar-refractivity contribution in [3.05, 3.63) is 0 Å². The number of unbranched alkanes of at least 4 members (excludes halogenated alkanes) is 1. The maximum Gasteiger partial charge on any atom is 0.302 e. The minimum Gasteiger partial charge on any atom is -0.463 e. The Balaban J connectivity index is -0.0000000804. The fraction of sp³-hybridized carbons (Fsp3) is 0.946. The Morgan fingerprint density at radius 1 is 0.553 bits per heavy atom. The number of esters is 1. The molecule has 0 fully saturated rings. The van der Waals surface area contributed by atoms with Crippen molar-refractivity contribution in [1.29, 1.82) is 0 Å². The molecule has 47 heavy (non-hydrogen) atoms. The van der Waals surface area contributed by atoms with Crippen molar-refractivity contribution >= 4 is 11.8 Å². The number of aliphatic hydroxyl groups is 1. The van der Waals surface area contributed by atoms with Gasteiger partial charge in [-0.2, -0.15) is 0 Å². The third-order valence-corrected chi connectivity index (χ3v) is 4.48. The van der Waals surface area contributed by atoms with Crippen molar-refractivity contribution in [1.82, 2.24) is 0 Å². The zero-order valence-corrected chi connectivity index (χ0v) is 35.0. The third kappa shape index (κ3) is 123. The standard InChI is InChI=1S/C7H16O2.C7H16O.C6H12O2.C5H10O2.3C4H10O/c1-4-7(8)5-9-6(2)3;1-4-5-6-8-7(2)3;1-5(2)8-4-6(3)7;1-4(2)7-5(3)6;3*1-4(2)5-3/h6-8H,4-5H2,1-3H3;7H,4-6H2,1-3H3;5H,4H2,1-3H3;4H,1-3H3;3*4H,1-3H3. The van der Waals surface area contributed by atoms with Crippen molar-refractivity contribution in [3.8, 4) is 0 Å². The lowest BCUT2D eigenvalue weighted by molar-refractivity contribution is -0.144. The summed E-state index contributed by atoms with van der Waals surface area (Å²) in [7, 11) is 5.10. The zero-order valence-electron chi connectivity index (χ0n) is 35.0. The van der Waals surface area contributed by atoms with Gasteiger partial charge in [-0.3, -0.25) is 9.59 Å². The van der Waals surface area contributed by atoms with Gasteiger partial charge in [0.05, 0.1) is 55.4 Å². The third-order valence-electron chi connectivity index (χ3n) is 4.48. The van der Waals surface area contributed by atoms with Gasteiger partial charge >= 0.3 is 5.97 Å². The monoisotopic (exact) mass is 689 g/mol. The Morgan fingerprint density at radius 3 is 1.04 bits per heavy atom. The minimum absolute atomic E-state index is 0.0255. The van der Waals surface area contributed by atoms with Crippen LogP contribution in [0.15, 0.2) is 0 Å². The van der Waals surface area contributed by atoms with Crippen LogP contribution in [0.1, 0.15) is 144 Å². The van der Waals surface area contributed by atoms with E-state index in [9.17, 15) is 9.59 Å². The fourth-order valence-electron chi connectivity index (χ4n) is 1.50. The molecule has 0 aromatic rings. The Kier molecular flexibility index (Phi) is 64.0. The SMILES string of the molecule is CC(=O)COC(C)C.CC(=O)OC(C)C.CCC(O)COC(C)C.CCCCOC(C)C.COC(C)C.COC(C)C.COC(C)C. The molecule has 1 unspecified atom stereocenters. The Hall–Kier alpha value is -1.14. The maximum absolute atomic E-state index is 10.2. The summed E-state index contributed by atoms with van der Waals surface area (Å²) in [5, 5.41) is 8.98. The molecule has 0 aliphatic carbocycles. The molecule has 0 radical (unpaired) electrons. The molecule has 0 aromatic carbocycles. The van der Waals surface area contributed by atoms with Crippen molar-refractivity contribution in [2.24, 2.45) is 0 Å². The van der Waals surface area contributed by atoms with Gasteiger partial charge in [-0.25, -0.2) is 0 Å². The summed E-state index contributed by atoms with van der Waals surface area (Å²) in [5.41, 5.74) is 0. The van der Waals surface area contributed by atoms with Gasteiger partial charge in [0.2, 0.25) is 0 Å². The van der Waals surface area contributed by atoms with E-state index in [4.69, 9.17) is 33.5 Å². The van der Waals surface area contributed by atoms with E-state index in [1.165, 1.54) is 26.7 Å². The number of ether oxygens (including phenoxy) is 7. The second-order valence-corrected chi connectivity index (χ2v) is 12.3.